The molecule has 0 aliphatic rings. The molecule has 92 valence electrons. The topological polar surface area (TPSA) is 112 Å². The van der Waals surface area contributed by atoms with Gasteiger partial charge in [0.15, 0.2) is 5.69 Å². The van der Waals surface area contributed by atoms with Crippen LogP contribution in [0.4, 0.5) is 4.39 Å². The largest absolute Gasteiger partial charge is 0.430 e. The lowest BCUT2D eigenvalue weighted by atomic mass is 10.2. The third kappa shape index (κ3) is 2.05. The van der Waals surface area contributed by atoms with Gasteiger partial charge in [0.25, 0.3) is 11.8 Å². The molecule has 1 aromatic heterocycles. The number of nitrogens with zero attached hydrogens (tertiary/aromatic N) is 1. The first-order valence-corrected chi connectivity index (χ1v) is 4.85. The Morgan fingerprint density at radius 1 is 1.11 bits per heavy atom. The number of hydrogen-bond donors (Lipinski definition) is 2. The molecule has 4 N–H and O–H groups in total. The Labute approximate surface area is 100 Å². The van der Waals surface area contributed by atoms with Crippen molar-refractivity contribution in [3.8, 4) is 11.5 Å². The van der Waals surface area contributed by atoms with Crippen LogP contribution in [0.2, 0.25) is 0 Å². The third-order valence-electron chi connectivity index (χ3n) is 2.18. The lowest BCUT2D eigenvalue weighted by Crippen LogP contribution is -2.19. The number of carbonyl (C=O) groups is 2. The summed E-state index contributed by atoms with van der Waals surface area (Å²) in [6.07, 6.45) is 0. The summed E-state index contributed by atoms with van der Waals surface area (Å²) in [6.45, 7) is 0. The van der Waals surface area contributed by atoms with Crippen LogP contribution in [0.25, 0.3) is 11.5 Å². The van der Waals surface area contributed by atoms with Gasteiger partial charge in [0.05, 0.1) is 0 Å². The van der Waals surface area contributed by atoms with E-state index >= 15 is 0 Å². The Morgan fingerprint density at radius 3 is 2.17 bits per heavy atom. The summed E-state index contributed by atoms with van der Waals surface area (Å²) in [5.74, 6) is -2.76. The summed E-state index contributed by atoms with van der Waals surface area (Å²) < 4.78 is 17.8. The summed E-state index contributed by atoms with van der Waals surface area (Å²) in [5, 5.41) is 0. The summed E-state index contributed by atoms with van der Waals surface area (Å²) in [5.41, 5.74) is 10.1. The monoisotopic (exact) mass is 249 g/mol. The molecule has 1 heterocycles. The average Bonchev–Trinajstić information content (AvgIpc) is 2.75. The molecule has 7 heteroatoms. The average molecular weight is 249 g/mol. The SMILES string of the molecule is NC(=O)c1nc(-c2ccc(F)cc2)oc1C(N)=O. The Kier molecular flexibility index (Phi) is 2.80. The van der Waals surface area contributed by atoms with Gasteiger partial charge < -0.3 is 15.9 Å². The summed E-state index contributed by atoms with van der Waals surface area (Å²) >= 11 is 0. The van der Waals surface area contributed by atoms with Crippen molar-refractivity contribution in [3.63, 3.8) is 0 Å². The Balaban J connectivity index is 2.53. The second kappa shape index (κ2) is 4.28. The molecular formula is C11H8FN3O3. The van der Waals surface area contributed by atoms with Gasteiger partial charge in [-0.25, -0.2) is 9.37 Å². The van der Waals surface area contributed by atoms with E-state index in [1.807, 2.05) is 0 Å². The fraction of sp³-hybridized carbons (Fsp3) is 0. The molecule has 0 unspecified atom stereocenters. The van der Waals surface area contributed by atoms with Gasteiger partial charge in [0.2, 0.25) is 11.7 Å². The first-order chi connectivity index (χ1) is 8.49. The molecule has 6 nitrogen and oxygen atoms in total. The van der Waals surface area contributed by atoms with Gasteiger partial charge in [-0.15, -0.1) is 0 Å². The van der Waals surface area contributed by atoms with E-state index in [1.54, 1.807) is 0 Å². The number of rotatable bonds is 3. The molecule has 0 radical (unpaired) electrons. The molecule has 0 spiro atoms. The molecule has 0 atom stereocenters. The highest BCUT2D eigenvalue weighted by molar-refractivity contribution is 6.03. The normalized spacial score (nSPS) is 10.3. The standard InChI is InChI=1S/C11H8FN3O3/c12-6-3-1-5(2-4-6)11-15-7(9(13)16)8(18-11)10(14)17/h1-4H,(H2,13,16)(H2,14,17). The van der Waals surface area contributed by atoms with Crippen LogP contribution in [0.1, 0.15) is 21.0 Å². The summed E-state index contributed by atoms with van der Waals surface area (Å²) in [4.78, 5) is 25.9. The quantitative estimate of drug-likeness (QED) is 0.832. The van der Waals surface area contributed by atoms with Crippen molar-refractivity contribution in [2.75, 3.05) is 0 Å². The highest BCUT2D eigenvalue weighted by Gasteiger charge is 2.22. The first kappa shape index (κ1) is 11.8. The highest BCUT2D eigenvalue weighted by Crippen LogP contribution is 2.22. The molecule has 0 fully saturated rings. The van der Waals surface area contributed by atoms with E-state index in [-0.39, 0.29) is 11.6 Å². The van der Waals surface area contributed by atoms with Crippen molar-refractivity contribution < 1.29 is 18.4 Å². The lowest BCUT2D eigenvalue weighted by molar-refractivity contribution is 0.0946. The second-order valence-electron chi connectivity index (χ2n) is 3.43. The van der Waals surface area contributed by atoms with Gasteiger partial charge in [-0.1, -0.05) is 0 Å². The number of primary amides is 2. The number of carbonyl (C=O) groups excluding carboxylic acids is 2. The minimum Gasteiger partial charge on any atom is -0.430 e. The maximum absolute atomic E-state index is 12.7. The molecule has 0 aliphatic carbocycles. The predicted molar refractivity (Wildman–Crippen MR) is 58.9 cm³/mol. The van der Waals surface area contributed by atoms with Gasteiger partial charge in [0, 0.05) is 5.56 Å². The van der Waals surface area contributed by atoms with E-state index in [0.717, 1.165) is 0 Å². The van der Waals surface area contributed by atoms with Crippen LogP contribution in [-0.4, -0.2) is 16.8 Å². The van der Waals surface area contributed by atoms with Crippen molar-refractivity contribution in [3.05, 3.63) is 41.5 Å². The van der Waals surface area contributed by atoms with Gasteiger partial charge >= 0.3 is 0 Å². The minimum atomic E-state index is -0.954. The van der Waals surface area contributed by atoms with Crippen molar-refractivity contribution in [2.24, 2.45) is 11.5 Å². The van der Waals surface area contributed by atoms with E-state index in [9.17, 15) is 14.0 Å². The molecule has 2 rings (SSSR count). The van der Waals surface area contributed by atoms with Crippen LogP contribution in [0.3, 0.4) is 0 Å². The fourth-order valence-corrected chi connectivity index (χ4v) is 1.37. The van der Waals surface area contributed by atoms with Gasteiger partial charge in [0.1, 0.15) is 5.82 Å². The molecule has 18 heavy (non-hydrogen) atoms. The zero-order valence-corrected chi connectivity index (χ0v) is 9.01. The maximum Gasteiger partial charge on any atom is 0.287 e. The number of amides is 2. The molecular weight excluding hydrogens is 241 g/mol. The van der Waals surface area contributed by atoms with Crippen molar-refractivity contribution in [1.29, 1.82) is 0 Å². The number of aromatic nitrogens is 1. The number of hydrogen-bond acceptors (Lipinski definition) is 4. The Bertz CT molecular complexity index is 587. The predicted octanol–water partition coefficient (Wildman–Crippen LogP) is 0.679. The van der Waals surface area contributed by atoms with Crippen LogP contribution >= 0.6 is 0 Å². The summed E-state index contributed by atoms with van der Waals surface area (Å²) in [6, 6.07) is 5.15. The van der Waals surface area contributed by atoms with Crippen LogP contribution in [0.5, 0.6) is 0 Å². The van der Waals surface area contributed by atoms with Gasteiger partial charge in [-0.2, -0.15) is 0 Å². The van der Waals surface area contributed by atoms with E-state index < -0.39 is 23.4 Å². The minimum absolute atomic E-state index is 0.0300. The van der Waals surface area contributed by atoms with Crippen molar-refractivity contribution >= 4 is 11.8 Å². The molecule has 2 aromatic rings. The number of nitrogens with two attached hydrogens (primary N) is 2. The van der Waals surface area contributed by atoms with E-state index in [4.69, 9.17) is 15.9 Å². The van der Waals surface area contributed by atoms with E-state index in [0.29, 0.717) is 5.56 Å². The molecule has 0 saturated carbocycles. The van der Waals surface area contributed by atoms with Crippen molar-refractivity contribution in [1.82, 2.24) is 4.98 Å². The van der Waals surface area contributed by atoms with Crippen LogP contribution in [0, 0.1) is 5.82 Å². The number of oxazole rings is 1. The zero-order valence-electron chi connectivity index (χ0n) is 9.01. The maximum atomic E-state index is 12.7. The van der Waals surface area contributed by atoms with Crippen LogP contribution < -0.4 is 11.5 Å². The van der Waals surface area contributed by atoms with E-state index in [1.165, 1.54) is 24.3 Å². The summed E-state index contributed by atoms with van der Waals surface area (Å²) in [7, 11) is 0. The molecule has 0 aliphatic heterocycles. The zero-order chi connectivity index (χ0) is 13.3. The fourth-order valence-electron chi connectivity index (χ4n) is 1.37. The van der Waals surface area contributed by atoms with Crippen LogP contribution in [0.15, 0.2) is 28.7 Å². The number of halogens is 1. The lowest BCUT2D eigenvalue weighted by Gasteiger charge is -1.93. The second-order valence-corrected chi connectivity index (χ2v) is 3.43. The molecule has 2 amide bonds. The van der Waals surface area contributed by atoms with E-state index in [2.05, 4.69) is 4.98 Å². The molecule has 1 aromatic carbocycles. The highest BCUT2D eigenvalue weighted by atomic mass is 19.1. The van der Waals surface area contributed by atoms with Crippen LogP contribution in [-0.2, 0) is 0 Å². The van der Waals surface area contributed by atoms with Crippen molar-refractivity contribution in [2.45, 2.75) is 0 Å². The first-order valence-electron chi connectivity index (χ1n) is 4.85. The van der Waals surface area contributed by atoms with Gasteiger partial charge in [-0.05, 0) is 24.3 Å². The van der Waals surface area contributed by atoms with Gasteiger partial charge in [-0.3, -0.25) is 9.59 Å². The smallest absolute Gasteiger partial charge is 0.287 e. The Hall–Kier alpha value is -2.70. The Morgan fingerprint density at radius 2 is 1.72 bits per heavy atom. The third-order valence-corrected chi connectivity index (χ3v) is 2.18. The molecule has 0 bridgehead atoms. The number of benzene rings is 1. The molecule has 0 saturated heterocycles.